The van der Waals surface area contributed by atoms with Gasteiger partial charge in [0.05, 0.1) is 0 Å². The Hall–Kier alpha value is -4.26. The molecule has 0 saturated heterocycles. The number of pyridine rings is 2. The summed E-state index contributed by atoms with van der Waals surface area (Å²) in [5.74, 6) is -0.833. The maximum absolute atomic E-state index is 9.00. The minimum atomic E-state index is -0.833. The first-order valence-corrected chi connectivity index (χ1v) is 16.3. The predicted molar refractivity (Wildman–Crippen MR) is 193 cm³/mol. The molecule has 4 aromatic carbocycles. The van der Waals surface area contributed by atoms with E-state index < -0.39 is 5.97 Å². The SMILES string of the molecule is CC(=O)O.Cc1ccccc1-c1ccn[c]([Pd][c]2nccc(-c3ccccc3C)c2-c2ccccc2C)c1-c1ccccc1C.P. The van der Waals surface area contributed by atoms with Crippen molar-refractivity contribution in [3.05, 3.63) is 144 Å². The number of hydrogen-bond donors (Lipinski definition) is 1. The van der Waals surface area contributed by atoms with Crippen molar-refractivity contribution in [1.82, 2.24) is 9.97 Å². The average molecular weight is 717 g/mol. The minimum absolute atomic E-state index is 0. The van der Waals surface area contributed by atoms with Gasteiger partial charge in [-0.05, 0) is 0 Å². The van der Waals surface area contributed by atoms with Crippen molar-refractivity contribution in [1.29, 1.82) is 0 Å². The quantitative estimate of drug-likeness (QED) is 0.139. The fourth-order valence-corrected chi connectivity index (χ4v) is 7.45. The summed E-state index contributed by atoms with van der Waals surface area (Å²) in [4.78, 5) is 19.1. The first-order chi connectivity index (χ1) is 21.8. The van der Waals surface area contributed by atoms with E-state index in [0.29, 0.717) is 0 Å². The largest absolute Gasteiger partial charge is 0.153 e. The molecule has 236 valence electrons. The van der Waals surface area contributed by atoms with Gasteiger partial charge in [-0.3, -0.25) is 4.79 Å². The van der Waals surface area contributed by atoms with Crippen molar-refractivity contribution in [2.75, 3.05) is 0 Å². The second kappa shape index (κ2) is 15.8. The molecule has 6 heteroatoms. The van der Waals surface area contributed by atoms with Crippen LogP contribution < -0.4 is 8.33 Å². The third-order valence-electron chi connectivity index (χ3n) is 7.61. The third kappa shape index (κ3) is 7.75. The fraction of sp³-hybridized carbons (Fsp3) is 0.125. The summed E-state index contributed by atoms with van der Waals surface area (Å²) in [5.41, 5.74) is 14.8. The van der Waals surface area contributed by atoms with Crippen molar-refractivity contribution in [2.45, 2.75) is 34.6 Å². The van der Waals surface area contributed by atoms with E-state index in [-0.39, 0.29) is 27.9 Å². The van der Waals surface area contributed by atoms with Crippen LogP contribution in [0.1, 0.15) is 29.2 Å². The van der Waals surface area contributed by atoms with Crippen LogP contribution in [0.25, 0.3) is 44.5 Å². The van der Waals surface area contributed by atoms with Gasteiger partial charge in [0, 0.05) is 6.92 Å². The zero-order valence-electron chi connectivity index (χ0n) is 26.8. The number of hydrogen-bond acceptors (Lipinski definition) is 3. The topological polar surface area (TPSA) is 63.1 Å². The number of aliphatic carboxylic acids is 1. The van der Waals surface area contributed by atoms with E-state index in [1.807, 2.05) is 12.4 Å². The molecule has 0 spiro atoms. The van der Waals surface area contributed by atoms with E-state index in [1.54, 1.807) is 0 Å². The molecular weight excluding hydrogens is 678 g/mol. The van der Waals surface area contributed by atoms with Crippen molar-refractivity contribution < 1.29 is 27.9 Å². The van der Waals surface area contributed by atoms with Gasteiger partial charge in [0.25, 0.3) is 5.97 Å². The minimum Gasteiger partial charge on any atom is -0.153 e. The van der Waals surface area contributed by atoms with E-state index in [1.165, 1.54) is 66.8 Å². The number of carboxylic acids is 1. The summed E-state index contributed by atoms with van der Waals surface area (Å²) in [7, 11) is 0. The Morgan fingerprint density at radius 3 is 1.09 bits per heavy atom. The maximum Gasteiger partial charge on any atom is -0.153 e. The Labute approximate surface area is 283 Å². The molecule has 0 amide bonds. The number of rotatable bonds is 6. The number of carbonyl (C=O) groups is 1. The standard InChI is InChI=1S/2C19H16N.C2H4O2.H3P.Pd/c2*1-14-7-3-5-9-16(14)18-11-12-20-13-19(18)17-10-6-4-8-15(17)2;1-2(3)4;;/h2*3-12H,1-2H3;1H3,(H,3,4);1H3;. The summed E-state index contributed by atoms with van der Waals surface area (Å²) >= 11 is -0.00451. The van der Waals surface area contributed by atoms with Gasteiger partial charge in [0.15, 0.2) is 0 Å². The number of carboxylic acid groups (broad SMARTS) is 1. The van der Waals surface area contributed by atoms with E-state index in [2.05, 4.69) is 137 Å². The summed E-state index contributed by atoms with van der Waals surface area (Å²) < 4.78 is 2.16. The van der Waals surface area contributed by atoms with Crippen LogP contribution in [0.15, 0.2) is 122 Å². The van der Waals surface area contributed by atoms with Crippen LogP contribution in [0.4, 0.5) is 0 Å². The van der Waals surface area contributed by atoms with Crippen LogP contribution in [0.3, 0.4) is 0 Å². The molecule has 2 aromatic heterocycles. The molecule has 6 rings (SSSR count). The molecule has 4 nitrogen and oxygen atoms in total. The van der Waals surface area contributed by atoms with E-state index in [0.717, 1.165) is 15.3 Å². The first kappa shape index (κ1) is 34.6. The van der Waals surface area contributed by atoms with Gasteiger partial charge in [-0.2, -0.15) is 9.90 Å². The number of aromatic nitrogens is 2. The molecule has 1 N–H and O–H groups in total. The van der Waals surface area contributed by atoms with Crippen molar-refractivity contribution in [2.24, 2.45) is 0 Å². The molecule has 6 aromatic rings. The molecule has 0 radical (unpaired) electrons. The third-order valence-corrected chi connectivity index (χ3v) is 9.53. The monoisotopic (exact) mass is 716 g/mol. The Balaban J connectivity index is 0.000000909. The van der Waals surface area contributed by atoms with E-state index >= 15 is 0 Å². The van der Waals surface area contributed by atoms with Gasteiger partial charge in [-0.25, -0.2) is 0 Å². The zero-order chi connectivity index (χ0) is 31.9. The van der Waals surface area contributed by atoms with Crippen LogP contribution >= 0.6 is 9.90 Å². The number of benzene rings is 4. The molecule has 0 aliphatic rings. The molecule has 46 heavy (non-hydrogen) atoms. The molecule has 0 fully saturated rings. The second-order valence-electron chi connectivity index (χ2n) is 10.8. The normalized spacial score (nSPS) is 10.5. The molecule has 0 bridgehead atoms. The zero-order valence-corrected chi connectivity index (χ0v) is 29.8. The molecule has 2 heterocycles. The van der Waals surface area contributed by atoms with Crippen molar-refractivity contribution in [3.63, 3.8) is 0 Å². The van der Waals surface area contributed by atoms with Gasteiger partial charge in [0.2, 0.25) is 0 Å². The van der Waals surface area contributed by atoms with Crippen LogP contribution in [0.2, 0.25) is 0 Å². The fourth-order valence-electron chi connectivity index (χ4n) is 5.44. The van der Waals surface area contributed by atoms with Gasteiger partial charge < -0.3 is 5.11 Å². The van der Waals surface area contributed by atoms with Crippen molar-refractivity contribution >= 4 is 24.2 Å². The maximum atomic E-state index is 9.00. The molecule has 0 aliphatic heterocycles. The Morgan fingerprint density at radius 1 is 0.500 bits per heavy atom. The van der Waals surface area contributed by atoms with Crippen LogP contribution in [-0.4, -0.2) is 21.0 Å². The summed E-state index contributed by atoms with van der Waals surface area (Å²) in [6.07, 6.45) is 3.94. The molecule has 0 aliphatic carbocycles. The number of nitrogens with zero attached hydrogens (tertiary/aromatic N) is 2. The first-order valence-electron chi connectivity index (χ1n) is 14.8. The van der Waals surface area contributed by atoms with Crippen molar-refractivity contribution in [3.8, 4) is 44.5 Å². The average Bonchev–Trinajstić information content (AvgIpc) is 3.02. The molecule has 1 atom stereocenters. The van der Waals surface area contributed by atoms with Crippen LogP contribution in [0.5, 0.6) is 0 Å². The van der Waals surface area contributed by atoms with E-state index in [9.17, 15) is 0 Å². The molecule has 0 saturated carbocycles. The Bertz CT molecular complexity index is 1850. The second-order valence-corrected chi connectivity index (χ2v) is 12.7. The predicted octanol–water partition coefficient (Wildman–Crippen LogP) is 8.56. The number of aryl methyl sites for hydroxylation is 4. The van der Waals surface area contributed by atoms with Gasteiger partial charge in [0.1, 0.15) is 0 Å². The smallest absolute Gasteiger partial charge is 0.153 e. The Morgan fingerprint density at radius 2 is 0.783 bits per heavy atom. The van der Waals surface area contributed by atoms with Crippen LogP contribution in [0, 0.1) is 27.7 Å². The molecular formula is C40H39N2O2PPd. The summed E-state index contributed by atoms with van der Waals surface area (Å²) in [6, 6.07) is 38.9. The van der Waals surface area contributed by atoms with Crippen LogP contribution in [-0.2, 0) is 22.8 Å². The van der Waals surface area contributed by atoms with Gasteiger partial charge in [-0.1, -0.05) is 0 Å². The summed E-state index contributed by atoms with van der Waals surface area (Å²) in [5, 5.41) is 7.42. The van der Waals surface area contributed by atoms with Gasteiger partial charge in [-0.15, -0.1) is 0 Å². The summed E-state index contributed by atoms with van der Waals surface area (Å²) in [6.45, 7) is 9.83. The van der Waals surface area contributed by atoms with E-state index in [4.69, 9.17) is 19.9 Å². The Kier molecular flexibility index (Phi) is 11.9. The molecule has 1 unspecified atom stereocenters. The van der Waals surface area contributed by atoms with Gasteiger partial charge >= 0.3 is 252 Å².